The first-order valence-corrected chi connectivity index (χ1v) is 8.64. The van der Waals surface area contributed by atoms with Gasteiger partial charge in [0, 0.05) is 30.0 Å². The normalized spacial score (nSPS) is 12.0. The van der Waals surface area contributed by atoms with Crippen LogP contribution in [0.25, 0.3) is 0 Å². The number of alkyl halides is 1. The Balaban J connectivity index is 2.18. The Morgan fingerprint density at radius 1 is 1.30 bits per heavy atom. The zero-order valence-corrected chi connectivity index (χ0v) is 14.0. The van der Waals surface area contributed by atoms with Gasteiger partial charge in [-0.25, -0.2) is 8.42 Å². The molecular formula is C13H14BrClN2O2S. The van der Waals surface area contributed by atoms with Gasteiger partial charge in [0.2, 0.25) is 10.0 Å². The number of nitrogens with zero attached hydrogens (tertiary/aromatic N) is 1. The van der Waals surface area contributed by atoms with Crippen LogP contribution in [0.5, 0.6) is 0 Å². The van der Waals surface area contributed by atoms with Gasteiger partial charge in [-0.2, -0.15) is 4.31 Å². The van der Waals surface area contributed by atoms with Crippen LogP contribution in [0, 0.1) is 0 Å². The summed E-state index contributed by atoms with van der Waals surface area (Å²) >= 11 is 9.02. The molecule has 0 radical (unpaired) electrons. The van der Waals surface area contributed by atoms with Crippen molar-refractivity contribution >= 4 is 37.6 Å². The number of benzene rings is 1. The monoisotopic (exact) mass is 376 g/mol. The van der Waals surface area contributed by atoms with Crippen molar-refractivity contribution in [3.05, 3.63) is 52.3 Å². The van der Waals surface area contributed by atoms with Crippen LogP contribution in [0.4, 0.5) is 0 Å². The molecule has 0 fully saturated rings. The molecule has 0 unspecified atom stereocenters. The van der Waals surface area contributed by atoms with E-state index in [1.54, 1.807) is 13.1 Å². The minimum absolute atomic E-state index is 0.229. The molecule has 1 N–H and O–H groups in total. The van der Waals surface area contributed by atoms with E-state index in [2.05, 4.69) is 20.9 Å². The maximum atomic E-state index is 12.4. The lowest BCUT2D eigenvalue weighted by Crippen LogP contribution is -2.26. The third-order valence-electron chi connectivity index (χ3n) is 2.89. The average Bonchev–Trinajstić information content (AvgIpc) is 2.90. The molecule has 0 atom stereocenters. The topological polar surface area (TPSA) is 53.2 Å². The molecule has 0 amide bonds. The molecule has 1 aromatic carbocycles. The zero-order chi connectivity index (χ0) is 14.8. The molecule has 20 heavy (non-hydrogen) atoms. The van der Waals surface area contributed by atoms with Crippen molar-refractivity contribution < 1.29 is 8.42 Å². The molecule has 0 aliphatic rings. The van der Waals surface area contributed by atoms with E-state index in [0.717, 1.165) is 10.0 Å². The van der Waals surface area contributed by atoms with Gasteiger partial charge in [-0.1, -0.05) is 28.1 Å². The van der Waals surface area contributed by atoms with Crippen LogP contribution in [0.2, 0.25) is 0 Å². The van der Waals surface area contributed by atoms with Gasteiger partial charge in [0.1, 0.15) is 0 Å². The molecular weight excluding hydrogens is 364 g/mol. The molecule has 108 valence electrons. The van der Waals surface area contributed by atoms with Gasteiger partial charge < -0.3 is 4.98 Å². The van der Waals surface area contributed by atoms with E-state index in [0.29, 0.717) is 12.2 Å². The number of sulfonamides is 1. The number of H-pyrrole nitrogens is 1. The van der Waals surface area contributed by atoms with E-state index >= 15 is 0 Å². The summed E-state index contributed by atoms with van der Waals surface area (Å²) in [6.45, 7) is 0.316. The smallest absolute Gasteiger partial charge is 0.244 e. The fourth-order valence-corrected chi connectivity index (χ4v) is 3.35. The lowest BCUT2D eigenvalue weighted by molar-refractivity contribution is 0.467. The number of aromatic amines is 1. The summed E-state index contributed by atoms with van der Waals surface area (Å²) in [5.41, 5.74) is 1.61. The fraction of sp³-hybridized carbons (Fsp3) is 0.231. The standard InChI is InChI=1S/C13H14BrClN2O2S/c1-17(9-10-2-4-11(14)5-3-10)20(18,19)13-6-12(7-15)16-8-13/h2-6,8,16H,7,9H2,1H3. The summed E-state index contributed by atoms with van der Waals surface area (Å²) in [5, 5.41) is 0. The Morgan fingerprint density at radius 2 is 1.95 bits per heavy atom. The van der Waals surface area contributed by atoms with Crippen molar-refractivity contribution in [2.24, 2.45) is 0 Å². The van der Waals surface area contributed by atoms with Gasteiger partial charge in [-0.3, -0.25) is 0 Å². The first-order chi connectivity index (χ1) is 9.43. The van der Waals surface area contributed by atoms with Crippen LogP contribution < -0.4 is 0 Å². The predicted molar refractivity (Wildman–Crippen MR) is 83.1 cm³/mol. The van der Waals surface area contributed by atoms with Gasteiger partial charge in [0.05, 0.1) is 10.8 Å². The van der Waals surface area contributed by atoms with Crippen molar-refractivity contribution in [2.75, 3.05) is 7.05 Å². The molecule has 2 aromatic rings. The van der Waals surface area contributed by atoms with Crippen LogP contribution in [-0.4, -0.2) is 24.8 Å². The van der Waals surface area contributed by atoms with E-state index in [9.17, 15) is 8.42 Å². The number of hydrogen-bond donors (Lipinski definition) is 1. The van der Waals surface area contributed by atoms with E-state index in [-0.39, 0.29) is 10.8 Å². The summed E-state index contributed by atoms with van der Waals surface area (Å²) < 4.78 is 27.1. The summed E-state index contributed by atoms with van der Waals surface area (Å²) in [6.07, 6.45) is 1.46. The van der Waals surface area contributed by atoms with Gasteiger partial charge in [-0.05, 0) is 23.8 Å². The summed E-state index contributed by atoms with van der Waals surface area (Å²) in [6, 6.07) is 9.10. The van der Waals surface area contributed by atoms with Crippen LogP contribution in [0.1, 0.15) is 11.3 Å². The molecule has 0 aliphatic carbocycles. The van der Waals surface area contributed by atoms with E-state index in [1.807, 2.05) is 24.3 Å². The number of aromatic nitrogens is 1. The Kier molecular flexibility index (Phi) is 4.90. The Hall–Kier alpha value is -0.820. The van der Waals surface area contributed by atoms with Crippen LogP contribution in [0.3, 0.4) is 0 Å². The molecule has 0 aliphatic heterocycles. The highest BCUT2D eigenvalue weighted by Crippen LogP contribution is 2.19. The quantitative estimate of drug-likeness (QED) is 0.813. The van der Waals surface area contributed by atoms with Crippen molar-refractivity contribution in [1.82, 2.24) is 9.29 Å². The highest BCUT2D eigenvalue weighted by Gasteiger charge is 2.22. The number of hydrogen-bond acceptors (Lipinski definition) is 2. The molecule has 7 heteroatoms. The SMILES string of the molecule is CN(Cc1ccc(Br)cc1)S(=O)(=O)c1c[nH]c(CCl)c1. The lowest BCUT2D eigenvalue weighted by atomic mass is 10.2. The lowest BCUT2D eigenvalue weighted by Gasteiger charge is -2.16. The van der Waals surface area contributed by atoms with Crippen molar-refractivity contribution in [1.29, 1.82) is 0 Å². The summed E-state index contributed by atoms with van der Waals surface area (Å²) in [5.74, 6) is 0.256. The molecule has 0 saturated heterocycles. The summed E-state index contributed by atoms with van der Waals surface area (Å²) in [4.78, 5) is 3.07. The first kappa shape index (κ1) is 15.6. The summed E-state index contributed by atoms with van der Waals surface area (Å²) in [7, 11) is -1.94. The van der Waals surface area contributed by atoms with E-state index in [4.69, 9.17) is 11.6 Å². The fourth-order valence-electron chi connectivity index (χ4n) is 1.76. The van der Waals surface area contributed by atoms with E-state index in [1.165, 1.54) is 10.5 Å². The predicted octanol–water partition coefficient (Wildman–Crippen LogP) is 3.34. The van der Waals surface area contributed by atoms with Gasteiger partial charge in [0.25, 0.3) is 0 Å². The average molecular weight is 378 g/mol. The third-order valence-corrected chi connectivity index (χ3v) is 5.48. The molecule has 2 rings (SSSR count). The van der Waals surface area contributed by atoms with Gasteiger partial charge >= 0.3 is 0 Å². The van der Waals surface area contributed by atoms with E-state index < -0.39 is 10.0 Å². The molecule has 1 aromatic heterocycles. The van der Waals surface area contributed by atoms with Crippen LogP contribution in [-0.2, 0) is 22.4 Å². The van der Waals surface area contributed by atoms with Crippen molar-refractivity contribution in [3.8, 4) is 0 Å². The number of rotatable bonds is 5. The molecule has 1 heterocycles. The Labute approximate surface area is 131 Å². The highest BCUT2D eigenvalue weighted by molar-refractivity contribution is 9.10. The second-order valence-electron chi connectivity index (χ2n) is 4.38. The van der Waals surface area contributed by atoms with Crippen LogP contribution in [0.15, 0.2) is 45.9 Å². The number of halogens is 2. The third kappa shape index (κ3) is 3.44. The van der Waals surface area contributed by atoms with Gasteiger partial charge in [-0.15, -0.1) is 11.6 Å². The maximum absolute atomic E-state index is 12.4. The first-order valence-electron chi connectivity index (χ1n) is 5.87. The van der Waals surface area contributed by atoms with Gasteiger partial charge in [0.15, 0.2) is 0 Å². The highest BCUT2D eigenvalue weighted by atomic mass is 79.9. The Morgan fingerprint density at radius 3 is 2.50 bits per heavy atom. The number of nitrogens with one attached hydrogen (secondary N) is 1. The largest absolute Gasteiger partial charge is 0.363 e. The maximum Gasteiger partial charge on any atom is 0.244 e. The zero-order valence-electron chi connectivity index (χ0n) is 10.8. The van der Waals surface area contributed by atoms with Crippen molar-refractivity contribution in [2.45, 2.75) is 17.3 Å². The second-order valence-corrected chi connectivity index (χ2v) is 7.61. The Bertz CT molecular complexity index is 683. The molecule has 4 nitrogen and oxygen atoms in total. The molecule has 0 saturated carbocycles. The minimum Gasteiger partial charge on any atom is -0.363 e. The minimum atomic E-state index is -3.50. The van der Waals surface area contributed by atoms with Crippen LogP contribution >= 0.6 is 27.5 Å². The molecule has 0 bridgehead atoms. The second kappa shape index (κ2) is 6.30. The molecule has 0 spiro atoms. The van der Waals surface area contributed by atoms with Crippen molar-refractivity contribution in [3.63, 3.8) is 0 Å².